The fourth-order valence-corrected chi connectivity index (χ4v) is 3.68. The van der Waals surface area contributed by atoms with Crippen molar-refractivity contribution >= 4 is 50.5 Å². The van der Waals surface area contributed by atoms with Gasteiger partial charge < -0.3 is 5.32 Å². The largest absolute Gasteiger partial charge is 0.324 e. The second-order valence-corrected chi connectivity index (χ2v) is 7.86. The number of sulfonamides is 1. The van der Waals surface area contributed by atoms with Crippen LogP contribution >= 0.6 is 23.2 Å². The van der Waals surface area contributed by atoms with Crippen molar-refractivity contribution in [3.63, 3.8) is 0 Å². The number of carbonyl (C=O) groups excluding carboxylic acids is 1. The van der Waals surface area contributed by atoms with Crippen molar-refractivity contribution in [2.45, 2.75) is 13.0 Å². The maximum absolute atomic E-state index is 12.5. The van der Waals surface area contributed by atoms with Gasteiger partial charge in [0.25, 0.3) is 0 Å². The maximum Gasteiger partial charge on any atom is 0.247 e. The van der Waals surface area contributed by atoms with E-state index in [1.807, 2.05) is 0 Å². The Balaban J connectivity index is 2.27. The van der Waals surface area contributed by atoms with Crippen LogP contribution in [0, 0.1) is 0 Å². The lowest BCUT2D eigenvalue weighted by Gasteiger charge is -2.28. The standard InChI is InChI=1S/C16H16Cl2N2O3S/c1-11(16(21)19-12-8-9-14(17)15(18)10-12)20(24(2,22)23)13-6-4-3-5-7-13/h3-11H,1-2H3,(H,19,21)/t11-/m0/s1. The molecular weight excluding hydrogens is 371 g/mol. The van der Waals surface area contributed by atoms with Crippen LogP contribution in [-0.4, -0.2) is 26.6 Å². The second-order valence-electron chi connectivity index (χ2n) is 5.19. The Morgan fingerprint density at radius 2 is 1.71 bits per heavy atom. The molecule has 0 saturated heterocycles. The lowest BCUT2D eigenvalue weighted by atomic mass is 10.2. The molecule has 0 aliphatic heterocycles. The van der Waals surface area contributed by atoms with Crippen molar-refractivity contribution < 1.29 is 13.2 Å². The van der Waals surface area contributed by atoms with E-state index in [1.165, 1.54) is 13.0 Å². The number of nitrogens with one attached hydrogen (secondary N) is 1. The molecule has 2 aromatic rings. The van der Waals surface area contributed by atoms with Gasteiger partial charge in [0.05, 0.1) is 22.0 Å². The number of hydrogen-bond acceptors (Lipinski definition) is 3. The van der Waals surface area contributed by atoms with Crippen LogP contribution in [0.5, 0.6) is 0 Å². The highest BCUT2D eigenvalue weighted by atomic mass is 35.5. The molecule has 5 nitrogen and oxygen atoms in total. The Kier molecular flexibility index (Phi) is 5.74. The second kappa shape index (κ2) is 7.42. The molecule has 0 bridgehead atoms. The molecule has 0 unspecified atom stereocenters. The third kappa shape index (κ3) is 4.41. The number of hydrogen-bond donors (Lipinski definition) is 1. The average Bonchev–Trinajstić information content (AvgIpc) is 2.50. The van der Waals surface area contributed by atoms with Crippen LogP contribution in [0.4, 0.5) is 11.4 Å². The van der Waals surface area contributed by atoms with E-state index in [0.29, 0.717) is 21.4 Å². The number of nitrogens with zero attached hydrogens (tertiary/aromatic N) is 1. The molecule has 128 valence electrons. The summed E-state index contributed by atoms with van der Waals surface area (Å²) in [6.07, 6.45) is 1.06. The van der Waals surface area contributed by atoms with E-state index >= 15 is 0 Å². The highest BCUT2D eigenvalue weighted by molar-refractivity contribution is 7.92. The van der Waals surface area contributed by atoms with Crippen molar-refractivity contribution in [3.8, 4) is 0 Å². The summed E-state index contributed by atoms with van der Waals surface area (Å²) in [4.78, 5) is 12.5. The van der Waals surface area contributed by atoms with E-state index in [-0.39, 0.29) is 0 Å². The van der Waals surface area contributed by atoms with Crippen LogP contribution in [-0.2, 0) is 14.8 Å². The lowest BCUT2D eigenvalue weighted by Crippen LogP contribution is -2.45. The monoisotopic (exact) mass is 386 g/mol. The van der Waals surface area contributed by atoms with Gasteiger partial charge in [-0.25, -0.2) is 8.42 Å². The molecule has 1 atom stereocenters. The van der Waals surface area contributed by atoms with E-state index in [2.05, 4.69) is 5.32 Å². The Morgan fingerprint density at radius 1 is 1.08 bits per heavy atom. The highest BCUT2D eigenvalue weighted by Gasteiger charge is 2.29. The Morgan fingerprint density at radius 3 is 2.25 bits per heavy atom. The number of anilines is 2. The molecular formula is C16H16Cl2N2O3S. The smallest absolute Gasteiger partial charge is 0.247 e. The van der Waals surface area contributed by atoms with Gasteiger partial charge in [-0.15, -0.1) is 0 Å². The molecule has 24 heavy (non-hydrogen) atoms. The molecule has 0 aromatic heterocycles. The fourth-order valence-electron chi connectivity index (χ4n) is 2.20. The number of benzene rings is 2. The van der Waals surface area contributed by atoms with Gasteiger partial charge in [0.15, 0.2) is 0 Å². The predicted molar refractivity (Wildman–Crippen MR) is 98.3 cm³/mol. The van der Waals surface area contributed by atoms with Crippen molar-refractivity contribution in [2.24, 2.45) is 0 Å². The molecule has 0 fully saturated rings. The number of rotatable bonds is 5. The number of amides is 1. The van der Waals surface area contributed by atoms with Gasteiger partial charge in [0.2, 0.25) is 15.9 Å². The van der Waals surface area contributed by atoms with Crippen LogP contribution in [0.15, 0.2) is 48.5 Å². The number of para-hydroxylation sites is 1. The van der Waals surface area contributed by atoms with E-state index in [0.717, 1.165) is 10.6 Å². The molecule has 2 aromatic carbocycles. The Hall–Kier alpha value is -1.76. The van der Waals surface area contributed by atoms with Crippen LogP contribution in [0.2, 0.25) is 10.0 Å². The van der Waals surface area contributed by atoms with Crippen LogP contribution in [0.25, 0.3) is 0 Å². The van der Waals surface area contributed by atoms with Gasteiger partial charge in [0, 0.05) is 5.69 Å². The average molecular weight is 387 g/mol. The zero-order chi connectivity index (χ0) is 17.9. The molecule has 0 aliphatic carbocycles. The maximum atomic E-state index is 12.5. The zero-order valence-corrected chi connectivity index (χ0v) is 15.4. The molecule has 1 N–H and O–H groups in total. The van der Waals surface area contributed by atoms with Crippen molar-refractivity contribution in [1.29, 1.82) is 0 Å². The minimum absolute atomic E-state index is 0.296. The summed E-state index contributed by atoms with van der Waals surface area (Å²) in [6, 6.07) is 12.1. The first-order chi connectivity index (χ1) is 11.2. The fraction of sp³-hybridized carbons (Fsp3) is 0.188. The Labute approximate surface area is 151 Å². The SMILES string of the molecule is C[C@@H](C(=O)Nc1ccc(Cl)c(Cl)c1)N(c1ccccc1)S(C)(=O)=O. The van der Waals surface area contributed by atoms with Crippen LogP contribution in [0.1, 0.15) is 6.92 Å². The zero-order valence-electron chi connectivity index (χ0n) is 13.0. The van der Waals surface area contributed by atoms with E-state index in [4.69, 9.17) is 23.2 Å². The van der Waals surface area contributed by atoms with Gasteiger partial charge in [-0.1, -0.05) is 41.4 Å². The molecule has 8 heteroatoms. The molecule has 0 saturated carbocycles. The summed E-state index contributed by atoms with van der Waals surface area (Å²) in [5, 5.41) is 3.31. The van der Waals surface area contributed by atoms with E-state index in [1.54, 1.807) is 42.5 Å². The lowest BCUT2D eigenvalue weighted by molar-refractivity contribution is -0.116. The molecule has 2 rings (SSSR count). The van der Waals surface area contributed by atoms with Gasteiger partial charge >= 0.3 is 0 Å². The van der Waals surface area contributed by atoms with Gasteiger partial charge in [-0.05, 0) is 37.3 Å². The first-order valence-electron chi connectivity index (χ1n) is 7.00. The molecule has 0 radical (unpaired) electrons. The first-order valence-corrected chi connectivity index (χ1v) is 9.61. The highest BCUT2D eigenvalue weighted by Crippen LogP contribution is 2.26. The summed E-state index contributed by atoms with van der Waals surface area (Å²) in [5.74, 6) is -0.484. The summed E-state index contributed by atoms with van der Waals surface area (Å²) < 4.78 is 25.3. The van der Waals surface area contributed by atoms with E-state index in [9.17, 15) is 13.2 Å². The minimum atomic E-state index is -3.64. The van der Waals surface area contributed by atoms with Gasteiger partial charge in [0.1, 0.15) is 6.04 Å². The normalized spacial score (nSPS) is 12.5. The number of carbonyl (C=O) groups is 1. The predicted octanol–water partition coefficient (Wildman–Crippen LogP) is 3.79. The van der Waals surface area contributed by atoms with Crippen molar-refractivity contribution in [3.05, 3.63) is 58.6 Å². The molecule has 0 spiro atoms. The third-order valence-electron chi connectivity index (χ3n) is 3.29. The van der Waals surface area contributed by atoms with Gasteiger partial charge in [-0.3, -0.25) is 9.10 Å². The topological polar surface area (TPSA) is 66.5 Å². The van der Waals surface area contributed by atoms with Crippen LogP contribution < -0.4 is 9.62 Å². The Bertz CT molecular complexity index is 842. The van der Waals surface area contributed by atoms with Crippen LogP contribution in [0.3, 0.4) is 0 Å². The van der Waals surface area contributed by atoms with E-state index < -0.39 is 22.0 Å². The van der Waals surface area contributed by atoms with Gasteiger partial charge in [-0.2, -0.15) is 0 Å². The summed E-state index contributed by atoms with van der Waals surface area (Å²) in [7, 11) is -3.64. The molecule has 0 aliphatic rings. The van der Waals surface area contributed by atoms with Crippen molar-refractivity contribution in [2.75, 3.05) is 15.9 Å². The quantitative estimate of drug-likeness (QED) is 0.849. The summed E-state index contributed by atoms with van der Waals surface area (Å²) in [5.41, 5.74) is 0.847. The number of halogens is 2. The molecule has 1 amide bonds. The van der Waals surface area contributed by atoms with Crippen molar-refractivity contribution in [1.82, 2.24) is 0 Å². The first kappa shape index (κ1) is 18.6. The third-order valence-corrected chi connectivity index (χ3v) is 5.27. The summed E-state index contributed by atoms with van der Waals surface area (Å²) >= 11 is 11.8. The molecule has 0 heterocycles. The summed E-state index contributed by atoms with van der Waals surface area (Å²) in [6.45, 7) is 1.51. The minimum Gasteiger partial charge on any atom is -0.324 e.